The molecule has 0 saturated heterocycles. The molecule has 0 amide bonds. The summed E-state index contributed by atoms with van der Waals surface area (Å²) in [6.45, 7) is 2.99. The molecule has 0 unspecified atom stereocenters. The number of H-pyrrole nitrogens is 1. The molecule has 0 aliphatic heterocycles. The highest BCUT2D eigenvalue weighted by molar-refractivity contribution is 5.79. The van der Waals surface area contributed by atoms with E-state index in [1.54, 1.807) is 0 Å². The Morgan fingerprint density at radius 3 is 2.80 bits per heavy atom. The lowest BCUT2D eigenvalue weighted by Gasteiger charge is -2.08. The van der Waals surface area contributed by atoms with Crippen LogP contribution < -0.4 is 5.43 Å². The molecule has 0 fully saturated rings. The molecule has 4 heteroatoms. The van der Waals surface area contributed by atoms with Crippen LogP contribution in [0.4, 0.5) is 0 Å². The van der Waals surface area contributed by atoms with Gasteiger partial charge in [-0.15, -0.1) is 0 Å². The normalized spacial score (nSPS) is 11.1. The van der Waals surface area contributed by atoms with E-state index in [-0.39, 0.29) is 12.0 Å². The van der Waals surface area contributed by atoms with E-state index in [0.29, 0.717) is 13.2 Å². The first-order valence-electron chi connectivity index (χ1n) is 7.03. The third-order valence-corrected chi connectivity index (χ3v) is 3.45. The summed E-state index contributed by atoms with van der Waals surface area (Å²) in [6, 6.07) is 7.60. The van der Waals surface area contributed by atoms with Crippen molar-refractivity contribution >= 4 is 10.9 Å². The molecule has 0 aliphatic carbocycles. The Labute approximate surface area is 118 Å². The Bertz CT molecular complexity index is 619. The number of aryl methyl sites for hydroxylation is 1. The molecule has 20 heavy (non-hydrogen) atoms. The van der Waals surface area contributed by atoms with Gasteiger partial charge < -0.3 is 14.8 Å². The lowest BCUT2D eigenvalue weighted by Crippen LogP contribution is -2.12. The fourth-order valence-corrected chi connectivity index (χ4v) is 2.31. The third kappa shape index (κ3) is 3.46. The summed E-state index contributed by atoms with van der Waals surface area (Å²) in [5.74, 6) is 0. The van der Waals surface area contributed by atoms with Gasteiger partial charge in [0.1, 0.15) is 0 Å². The molecule has 2 rings (SSSR count). The molecule has 0 aliphatic rings. The van der Waals surface area contributed by atoms with Crippen molar-refractivity contribution in [2.24, 2.45) is 0 Å². The smallest absolute Gasteiger partial charge is 0.192 e. The lowest BCUT2D eigenvalue weighted by atomic mass is 10.1. The highest BCUT2D eigenvalue weighted by atomic mass is 16.5. The fraction of sp³-hybridized carbons (Fsp3) is 0.438. The molecule has 1 heterocycles. The molecule has 0 radical (unpaired) electrons. The van der Waals surface area contributed by atoms with E-state index in [4.69, 9.17) is 9.84 Å². The van der Waals surface area contributed by atoms with E-state index in [0.717, 1.165) is 41.4 Å². The molecule has 1 aromatic heterocycles. The first-order chi connectivity index (χ1) is 9.74. The summed E-state index contributed by atoms with van der Waals surface area (Å²) in [5, 5.41) is 9.35. The summed E-state index contributed by atoms with van der Waals surface area (Å²) in [5.41, 5.74) is 2.83. The number of aliphatic hydroxyl groups is 1. The standard InChI is InChI=1S/C16H21NO3/c1-12-14(7-4-5-10-20-11-9-18)17-15-8-3-2-6-13(15)16(12)19/h2-3,6,8,18H,4-5,7,9-11H2,1H3,(H,17,19). The Hall–Kier alpha value is -1.65. The average Bonchev–Trinajstić information content (AvgIpc) is 2.47. The van der Waals surface area contributed by atoms with Crippen LogP contribution in [-0.4, -0.2) is 29.9 Å². The van der Waals surface area contributed by atoms with Crippen molar-refractivity contribution in [2.45, 2.75) is 26.2 Å². The maximum Gasteiger partial charge on any atom is 0.192 e. The summed E-state index contributed by atoms with van der Waals surface area (Å²) in [4.78, 5) is 15.6. The molecular weight excluding hydrogens is 254 g/mol. The van der Waals surface area contributed by atoms with Gasteiger partial charge in [-0.3, -0.25) is 4.79 Å². The van der Waals surface area contributed by atoms with Gasteiger partial charge in [-0.05, 0) is 38.3 Å². The number of hydrogen-bond donors (Lipinski definition) is 2. The van der Waals surface area contributed by atoms with Crippen LogP contribution in [-0.2, 0) is 11.2 Å². The van der Waals surface area contributed by atoms with Crippen molar-refractivity contribution in [2.75, 3.05) is 19.8 Å². The summed E-state index contributed by atoms with van der Waals surface area (Å²) in [6.07, 6.45) is 2.73. The molecular formula is C16H21NO3. The van der Waals surface area contributed by atoms with Crippen LogP contribution in [0.15, 0.2) is 29.1 Å². The van der Waals surface area contributed by atoms with Crippen LogP contribution in [0.25, 0.3) is 10.9 Å². The zero-order valence-electron chi connectivity index (χ0n) is 11.8. The molecule has 2 aromatic rings. The topological polar surface area (TPSA) is 62.3 Å². The van der Waals surface area contributed by atoms with Crippen molar-refractivity contribution in [1.82, 2.24) is 4.98 Å². The molecule has 1 aromatic carbocycles. The highest BCUT2D eigenvalue weighted by Gasteiger charge is 2.07. The van der Waals surface area contributed by atoms with E-state index in [2.05, 4.69) is 4.98 Å². The largest absolute Gasteiger partial charge is 0.394 e. The Kier molecular flexibility index (Phi) is 5.32. The zero-order valence-corrected chi connectivity index (χ0v) is 11.8. The van der Waals surface area contributed by atoms with Crippen molar-refractivity contribution < 1.29 is 9.84 Å². The Balaban J connectivity index is 2.03. The molecule has 4 nitrogen and oxygen atoms in total. The van der Waals surface area contributed by atoms with Gasteiger partial charge in [0.05, 0.1) is 13.2 Å². The number of ether oxygens (including phenoxy) is 1. The summed E-state index contributed by atoms with van der Waals surface area (Å²) < 4.78 is 5.22. The number of aliphatic hydroxyl groups excluding tert-OH is 1. The highest BCUT2D eigenvalue weighted by Crippen LogP contribution is 2.12. The number of pyridine rings is 1. The van der Waals surface area contributed by atoms with Gasteiger partial charge in [-0.2, -0.15) is 0 Å². The van der Waals surface area contributed by atoms with Crippen LogP contribution in [0, 0.1) is 6.92 Å². The van der Waals surface area contributed by atoms with Gasteiger partial charge in [0.2, 0.25) is 0 Å². The molecule has 2 N–H and O–H groups in total. The zero-order chi connectivity index (χ0) is 14.4. The van der Waals surface area contributed by atoms with Crippen molar-refractivity contribution in [3.05, 3.63) is 45.7 Å². The number of aromatic amines is 1. The number of hydrogen-bond acceptors (Lipinski definition) is 3. The second-order valence-corrected chi connectivity index (χ2v) is 4.90. The van der Waals surface area contributed by atoms with Gasteiger partial charge in [0.25, 0.3) is 0 Å². The Morgan fingerprint density at radius 2 is 2.00 bits per heavy atom. The third-order valence-electron chi connectivity index (χ3n) is 3.45. The van der Waals surface area contributed by atoms with Crippen LogP contribution >= 0.6 is 0 Å². The molecule has 108 valence electrons. The minimum absolute atomic E-state index is 0.0666. The van der Waals surface area contributed by atoms with Crippen LogP contribution in [0.2, 0.25) is 0 Å². The fourth-order valence-electron chi connectivity index (χ4n) is 2.31. The van der Waals surface area contributed by atoms with Crippen molar-refractivity contribution in [3.63, 3.8) is 0 Å². The first kappa shape index (κ1) is 14.8. The molecule has 0 spiro atoms. The summed E-state index contributed by atoms with van der Waals surface area (Å²) in [7, 11) is 0. The number of rotatable bonds is 7. The second-order valence-electron chi connectivity index (χ2n) is 4.90. The van der Waals surface area contributed by atoms with Crippen LogP contribution in [0.5, 0.6) is 0 Å². The maximum absolute atomic E-state index is 12.3. The average molecular weight is 275 g/mol. The van der Waals surface area contributed by atoms with Gasteiger partial charge in [0, 0.05) is 28.8 Å². The predicted molar refractivity (Wildman–Crippen MR) is 80.1 cm³/mol. The van der Waals surface area contributed by atoms with E-state index in [1.165, 1.54) is 0 Å². The minimum Gasteiger partial charge on any atom is -0.394 e. The van der Waals surface area contributed by atoms with Gasteiger partial charge in [-0.25, -0.2) is 0 Å². The van der Waals surface area contributed by atoms with Gasteiger partial charge >= 0.3 is 0 Å². The van der Waals surface area contributed by atoms with Gasteiger partial charge in [-0.1, -0.05) is 12.1 Å². The van der Waals surface area contributed by atoms with E-state index in [9.17, 15) is 4.79 Å². The van der Waals surface area contributed by atoms with E-state index < -0.39 is 0 Å². The number of aromatic nitrogens is 1. The van der Waals surface area contributed by atoms with Crippen LogP contribution in [0.3, 0.4) is 0 Å². The quantitative estimate of drug-likeness (QED) is 0.761. The van der Waals surface area contributed by atoms with Crippen molar-refractivity contribution in [1.29, 1.82) is 0 Å². The molecule has 0 saturated carbocycles. The number of unbranched alkanes of at least 4 members (excludes halogenated alkanes) is 1. The number of benzene rings is 1. The predicted octanol–water partition coefficient (Wildman–Crippen LogP) is 2.17. The number of fused-ring (bicyclic) bond motifs is 1. The first-order valence-corrected chi connectivity index (χ1v) is 7.03. The maximum atomic E-state index is 12.3. The monoisotopic (exact) mass is 275 g/mol. The number of para-hydroxylation sites is 1. The minimum atomic E-state index is 0.0666. The Morgan fingerprint density at radius 1 is 1.20 bits per heavy atom. The SMILES string of the molecule is Cc1c(CCCCOCCO)[nH]c2ccccc2c1=O. The van der Waals surface area contributed by atoms with E-state index >= 15 is 0 Å². The lowest BCUT2D eigenvalue weighted by molar-refractivity contribution is 0.0899. The molecule has 0 atom stereocenters. The summed E-state index contributed by atoms with van der Waals surface area (Å²) >= 11 is 0. The molecule has 0 bridgehead atoms. The number of nitrogens with one attached hydrogen (secondary N) is 1. The van der Waals surface area contributed by atoms with Crippen LogP contribution in [0.1, 0.15) is 24.1 Å². The van der Waals surface area contributed by atoms with E-state index in [1.807, 2.05) is 31.2 Å². The van der Waals surface area contributed by atoms with Crippen molar-refractivity contribution in [3.8, 4) is 0 Å². The second kappa shape index (κ2) is 7.22. The van der Waals surface area contributed by atoms with Gasteiger partial charge in [0.15, 0.2) is 5.43 Å².